The van der Waals surface area contributed by atoms with Crippen molar-refractivity contribution in [3.05, 3.63) is 48.5 Å². The van der Waals surface area contributed by atoms with Gasteiger partial charge < -0.3 is 14.6 Å². The van der Waals surface area contributed by atoms with Crippen molar-refractivity contribution in [3.8, 4) is 22.6 Å². The van der Waals surface area contributed by atoms with Crippen molar-refractivity contribution in [3.63, 3.8) is 0 Å². The van der Waals surface area contributed by atoms with Crippen LogP contribution in [0.15, 0.2) is 48.5 Å². The molecule has 0 aliphatic rings. The molecule has 26 heavy (non-hydrogen) atoms. The van der Waals surface area contributed by atoms with Gasteiger partial charge in [-0.3, -0.25) is 0 Å². The fourth-order valence-corrected chi connectivity index (χ4v) is 2.70. The molecule has 0 aliphatic carbocycles. The van der Waals surface area contributed by atoms with Gasteiger partial charge in [-0.15, -0.1) is 0 Å². The van der Waals surface area contributed by atoms with E-state index in [0.717, 1.165) is 29.9 Å². The molecule has 0 bridgehead atoms. The van der Waals surface area contributed by atoms with E-state index in [1.165, 1.54) is 32.1 Å². The summed E-state index contributed by atoms with van der Waals surface area (Å²) in [6, 6.07) is 15.4. The molecule has 0 atom stereocenters. The lowest BCUT2D eigenvalue weighted by Crippen LogP contribution is -2.09. The van der Waals surface area contributed by atoms with Gasteiger partial charge in [0, 0.05) is 0 Å². The van der Waals surface area contributed by atoms with Crippen molar-refractivity contribution in [2.75, 3.05) is 13.2 Å². The van der Waals surface area contributed by atoms with E-state index in [4.69, 9.17) is 14.6 Å². The second kappa shape index (κ2) is 11.2. The Kier molecular flexibility index (Phi) is 8.53. The molecule has 0 amide bonds. The molecule has 2 rings (SSSR count). The van der Waals surface area contributed by atoms with E-state index in [9.17, 15) is 4.79 Å². The minimum atomic E-state index is -0.981. The number of hydrogen-bond acceptors (Lipinski definition) is 3. The molecule has 0 fully saturated rings. The molecule has 1 N–H and O–H groups in total. The first-order valence-electron chi connectivity index (χ1n) is 9.37. The second-order valence-electron chi connectivity index (χ2n) is 6.35. The van der Waals surface area contributed by atoms with E-state index < -0.39 is 5.97 Å². The van der Waals surface area contributed by atoms with Crippen molar-refractivity contribution >= 4 is 5.97 Å². The number of ether oxygens (including phenoxy) is 2. The molecule has 0 aliphatic heterocycles. The second-order valence-corrected chi connectivity index (χ2v) is 6.35. The van der Waals surface area contributed by atoms with Gasteiger partial charge in [-0.25, -0.2) is 4.79 Å². The van der Waals surface area contributed by atoms with Crippen LogP contribution >= 0.6 is 0 Å². The highest BCUT2D eigenvalue weighted by atomic mass is 16.5. The maximum absolute atomic E-state index is 10.5. The quantitative estimate of drug-likeness (QED) is 0.506. The Labute approximate surface area is 155 Å². The predicted octanol–water partition coefficient (Wildman–Crippen LogP) is 5.56. The molecule has 2 aromatic rings. The first-order valence-corrected chi connectivity index (χ1v) is 9.37. The van der Waals surface area contributed by atoms with Crippen molar-refractivity contribution in [2.24, 2.45) is 0 Å². The Morgan fingerprint density at radius 2 is 1.27 bits per heavy atom. The van der Waals surface area contributed by atoms with E-state index in [1.807, 2.05) is 36.4 Å². The van der Waals surface area contributed by atoms with Crippen LogP contribution < -0.4 is 9.47 Å². The summed E-state index contributed by atoms with van der Waals surface area (Å²) >= 11 is 0. The van der Waals surface area contributed by atoms with Gasteiger partial charge in [-0.2, -0.15) is 0 Å². The molecule has 4 nitrogen and oxygen atoms in total. The van der Waals surface area contributed by atoms with Gasteiger partial charge in [-0.05, 0) is 41.8 Å². The van der Waals surface area contributed by atoms with E-state index >= 15 is 0 Å². The van der Waals surface area contributed by atoms with E-state index in [2.05, 4.69) is 6.92 Å². The molecular formula is C22H28O4. The van der Waals surface area contributed by atoms with Crippen LogP contribution in [-0.2, 0) is 4.79 Å². The van der Waals surface area contributed by atoms with Crippen LogP contribution in [0, 0.1) is 0 Å². The van der Waals surface area contributed by atoms with Crippen molar-refractivity contribution < 1.29 is 19.4 Å². The van der Waals surface area contributed by atoms with Gasteiger partial charge in [0.2, 0.25) is 0 Å². The Morgan fingerprint density at radius 1 is 0.769 bits per heavy atom. The predicted molar refractivity (Wildman–Crippen MR) is 104 cm³/mol. The van der Waals surface area contributed by atoms with E-state index in [1.54, 1.807) is 12.1 Å². The van der Waals surface area contributed by atoms with Gasteiger partial charge in [0.05, 0.1) is 6.61 Å². The van der Waals surface area contributed by atoms with Crippen LogP contribution in [0.25, 0.3) is 11.1 Å². The summed E-state index contributed by atoms with van der Waals surface area (Å²) < 4.78 is 10.9. The minimum Gasteiger partial charge on any atom is -0.494 e. The highest BCUT2D eigenvalue weighted by Crippen LogP contribution is 2.24. The number of benzene rings is 2. The van der Waals surface area contributed by atoms with E-state index in [0.29, 0.717) is 5.75 Å². The van der Waals surface area contributed by atoms with Crippen LogP contribution in [-0.4, -0.2) is 24.3 Å². The van der Waals surface area contributed by atoms with Crippen LogP contribution in [0.2, 0.25) is 0 Å². The molecule has 0 saturated heterocycles. The third-order valence-electron chi connectivity index (χ3n) is 4.17. The molecule has 0 unspecified atom stereocenters. The van der Waals surface area contributed by atoms with Crippen molar-refractivity contribution in [1.82, 2.24) is 0 Å². The number of hydrogen-bond donors (Lipinski definition) is 1. The first-order chi connectivity index (χ1) is 12.7. The summed E-state index contributed by atoms with van der Waals surface area (Å²) in [6.07, 6.45) is 7.56. The molecule has 2 aromatic carbocycles. The number of aliphatic carboxylic acids is 1. The zero-order valence-electron chi connectivity index (χ0n) is 15.4. The summed E-state index contributed by atoms with van der Waals surface area (Å²) in [5.41, 5.74) is 2.14. The molecule has 0 spiro atoms. The molecule has 0 heterocycles. The molecule has 0 radical (unpaired) electrons. The van der Waals surface area contributed by atoms with Crippen LogP contribution in [0.3, 0.4) is 0 Å². The third kappa shape index (κ3) is 7.18. The molecule has 0 aromatic heterocycles. The highest BCUT2D eigenvalue weighted by molar-refractivity contribution is 5.69. The molecular weight excluding hydrogens is 328 g/mol. The Balaban J connectivity index is 1.77. The molecule has 140 valence electrons. The maximum atomic E-state index is 10.5. The van der Waals surface area contributed by atoms with Crippen molar-refractivity contribution in [1.29, 1.82) is 0 Å². The number of unbranched alkanes of at least 4 members (excludes halogenated alkanes) is 5. The Bertz CT molecular complexity index is 647. The summed E-state index contributed by atoms with van der Waals surface area (Å²) in [5.74, 6) is 0.462. The standard InChI is InChI=1S/C22H28O4/c1-2-3-4-5-6-7-16-25-20-12-8-18(9-13-20)19-10-14-21(15-11-19)26-17-22(23)24/h8-15H,2-7,16-17H2,1H3,(H,23,24). The van der Waals surface area contributed by atoms with Gasteiger partial charge in [0.15, 0.2) is 6.61 Å². The molecule has 4 heteroatoms. The Hall–Kier alpha value is -2.49. The monoisotopic (exact) mass is 356 g/mol. The SMILES string of the molecule is CCCCCCCCOc1ccc(-c2ccc(OCC(=O)O)cc2)cc1. The number of carboxylic acid groups (broad SMARTS) is 1. The number of carboxylic acids is 1. The topological polar surface area (TPSA) is 55.8 Å². The first kappa shape index (κ1) is 19.8. The van der Waals surface area contributed by atoms with Gasteiger partial charge in [0.1, 0.15) is 11.5 Å². The van der Waals surface area contributed by atoms with Gasteiger partial charge >= 0.3 is 5.97 Å². The van der Waals surface area contributed by atoms with Crippen LogP contribution in [0.1, 0.15) is 45.4 Å². The lowest BCUT2D eigenvalue weighted by molar-refractivity contribution is -0.139. The maximum Gasteiger partial charge on any atom is 0.341 e. The zero-order chi connectivity index (χ0) is 18.6. The number of carbonyl (C=O) groups is 1. The highest BCUT2D eigenvalue weighted by Gasteiger charge is 2.02. The largest absolute Gasteiger partial charge is 0.494 e. The summed E-state index contributed by atoms with van der Waals surface area (Å²) in [4.78, 5) is 10.5. The average molecular weight is 356 g/mol. The number of rotatable bonds is 12. The smallest absolute Gasteiger partial charge is 0.341 e. The average Bonchev–Trinajstić information content (AvgIpc) is 2.66. The normalized spacial score (nSPS) is 10.5. The Morgan fingerprint density at radius 3 is 1.81 bits per heavy atom. The fraction of sp³-hybridized carbons (Fsp3) is 0.409. The third-order valence-corrected chi connectivity index (χ3v) is 4.17. The summed E-state index contributed by atoms with van der Waals surface area (Å²) in [7, 11) is 0. The molecule has 0 saturated carbocycles. The lowest BCUT2D eigenvalue weighted by atomic mass is 10.1. The van der Waals surface area contributed by atoms with Gasteiger partial charge in [0.25, 0.3) is 0 Å². The lowest BCUT2D eigenvalue weighted by Gasteiger charge is -2.08. The fourth-order valence-electron chi connectivity index (χ4n) is 2.70. The minimum absolute atomic E-state index is 0.329. The van der Waals surface area contributed by atoms with Crippen LogP contribution in [0.4, 0.5) is 0 Å². The summed E-state index contributed by atoms with van der Waals surface area (Å²) in [5, 5.41) is 8.62. The zero-order valence-corrected chi connectivity index (χ0v) is 15.4. The van der Waals surface area contributed by atoms with E-state index in [-0.39, 0.29) is 6.61 Å². The summed E-state index contributed by atoms with van der Waals surface area (Å²) in [6.45, 7) is 2.67. The van der Waals surface area contributed by atoms with Crippen molar-refractivity contribution in [2.45, 2.75) is 45.4 Å². The van der Waals surface area contributed by atoms with Crippen LogP contribution in [0.5, 0.6) is 11.5 Å². The van der Waals surface area contributed by atoms with Gasteiger partial charge in [-0.1, -0.05) is 63.3 Å².